The van der Waals surface area contributed by atoms with Crippen LogP contribution >= 0.6 is 7.92 Å². The van der Waals surface area contributed by atoms with E-state index >= 15 is 0 Å². The molecule has 286 valence electrons. The Balaban J connectivity index is 0.000000201. The first-order chi connectivity index (χ1) is 27.4. The average molecular weight is 805 g/mol. The standard InChI is InChI=1S/C29H29NO.C18H15P.C6H5.Ni/c1-19(2)22-15-10-16-23(20(3)4)28(22)30-27-18-8-7-14-26(29(27)31)25-17-9-12-21-11-5-6-13-24(21)25;1-4-10-16(11-5-1)19(17-12-6-2-7-13-17)18-14-8-3-9-15-18;1-2-4-6-5-3-1;/h5-20H,1-4H3,(H,30,31);1-15H;1-5H;/q;;-1;+2/p-1. The van der Waals surface area contributed by atoms with Crippen LogP contribution in [0.3, 0.4) is 0 Å². The first-order valence-electron chi connectivity index (χ1n) is 19.2. The summed E-state index contributed by atoms with van der Waals surface area (Å²) < 4.78 is 0. The van der Waals surface area contributed by atoms with Gasteiger partial charge < -0.3 is 5.32 Å². The normalized spacial score (nSPS) is 10.5. The van der Waals surface area contributed by atoms with Crippen molar-refractivity contribution in [1.29, 1.82) is 0 Å². The van der Waals surface area contributed by atoms with Crippen LogP contribution in [-0.4, -0.2) is 0 Å². The van der Waals surface area contributed by atoms with Crippen molar-refractivity contribution in [3.8, 4) is 11.1 Å². The van der Waals surface area contributed by atoms with Crippen LogP contribution in [0, 0.1) is 6.07 Å². The molecule has 0 aliphatic rings. The molecule has 0 amide bonds. The predicted molar refractivity (Wildman–Crippen MR) is 243 cm³/mol. The largest absolute Gasteiger partial charge is 2.00 e. The molecule has 0 atom stereocenters. The summed E-state index contributed by atoms with van der Waals surface area (Å²) >= 11 is 0. The van der Waals surface area contributed by atoms with Gasteiger partial charge in [-0.1, -0.05) is 220 Å². The number of fused-ring (bicyclic) bond motifs is 1. The van der Waals surface area contributed by atoms with E-state index in [0.29, 0.717) is 23.1 Å². The van der Waals surface area contributed by atoms with Crippen LogP contribution in [0.5, 0.6) is 0 Å². The summed E-state index contributed by atoms with van der Waals surface area (Å²) in [4.78, 5) is 13.7. The van der Waals surface area contributed by atoms with E-state index in [2.05, 4.69) is 161 Å². The molecule has 0 fully saturated rings. The van der Waals surface area contributed by atoms with Gasteiger partial charge in [-0.15, -0.1) is 5.69 Å². The summed E-state index contributed by atoms with van der Waals surface area (Å²) in [6.45, 7) is 8.68. The fraction of sp³-hybridized carbons (Fsp3) is 0.113. The van der Waals surface area contributed by atoms with Gasteiger partial charge >= 0.3 is 16.5 Å². The van der Waals surface area contributed by atoms with Gasteiger partial charge in [0, 0.05) is 5.56 Å². The second-order valence-electron chi connectivity index (χ2n) is 14.0. The molecule has 0 bridgehead atoms. The van der Waals surface area contributed by atoms with E-state index in [9.17, 15) is 4.79 Å². The molecule has 8 aromatic rings. The molecule has 0 spiro atoms. The number of para-hydroxylation sites is 1. The Kier molecular flexibility index (Phi) is 16.2. The summed E-state index contributed by atoms with van der Waals surface area (Å²) in [5.74, 6) is 0.644. The van der Waals surface area contributed by atoms with Crippen LogP contribution in [0.4, 0.5) is 11.4 Å². The van der Waals surface area contributed by atoms with Crippen LogP contribution in [0.15, 0.2) is 211 Å². The monoisotopic (exact) mass is 803 g/mol. The van der Waals surface area contributed by atoms with Gasteiger partial charge in [0.1, 0.15) is 0 Å². The number of benzene rings is 7. The molecule has 0 unspecified atom stereocenters. The smallest absolute Gasteiger partial charge is 0.654 e. The van der Waals surface area contributed by atoms with Gasteiger partial charge in [-0.25, -0.2) is 0 Å². The fourth-order valence-electron chi connectivity index (χ4n) is 6.63. The SMILES string of the molecule is CC(C)c1cccc(C(C)C)c1[N-]c1ccccc(-c2cccc3ccccc23)c1=O.[Ni+2].[c-]1ccccc1.c1ccc(P(c2ccccc2)c2ccccc2)cc1. The van der Waals surface area contributed by atoms with E-state index < -0.39 is 7.92 Å². The van der Waals surface area contributed by atoms with Crippen LogP contribution < -0.4 is 21.3 Å². The first-order valence-corrected chi connectivity index (χ1v) is 20.6. The quantitative estimate of drug-likeness (QED) is 0.0855. The molecule has 8 aromatic carbocycles. The molecule has 0 aliphatic carbocycles. The molecule has 0 saturated heterocycles. The zero-order chi connectivity index (χ0) is 39.1. The third kappa shape index (κ3) is 11.3. The van der Waals surface area contributed by atoms with Crippen molar-refractivity contribution >= 4 is 46.0 Å². The number of nitrogens with zero attached hydrogens (tertiary/aromatic N) is 1. The topological polar surface area (TPSA) is 31.2 Å². The maximum Gasteiger partial charge on any atom is 2.00 e. The summed E-state index contributed by atoms with van der Waals surface area (Å²) in [6, 6.07) is 73.0. The summed E-state index contributed by atoms with van der Waals surface area (Å²) in [5.41, 5.74) is 5.32. The van der Waals surface area contributed by atoms with Gasteiger partial charge in [-0.05, 0) is 52.0 Å². The van der Waals surface area contributed by atoms with E-state index in [1.54, 1.807) is 0 Å². The molecule has 57 heavy (non-hydrogen) atoms. The molecule has 0 saturated carbocycles. The first kappa shape index (κ1) is 42.6. The third-order valence-corrected chi connectivity index (χ3v) is 11.9. The summed E-state index contributed by atoms with van der Waals surface area (Å²) in [6.07, 6.45) is 0. The molecule has 0 aliphatic heterocycles. The van der Waals surface area contributed by atoms with Crippen molar-refractivity contribution in [3.05, 3.63) is 239 Å². The summed E-state index contributed by atoms with van der Waals surface area (Å²) in [5, 5.41) is 11.4. The minimum absolute atomic E-state index is 0. The number of hydrogen-bond acceptors (Lipinski definition) is 1. The predicted octanol–water partition coefficient (Wildman–Crippen LogP) is 13.4. The van der Waals surface area contributed by atoms with Gasteiger partial charge in [-0.2, -0.15) is 36.4 Å². The minimum Gasteiger partial charge on any atom is -0.654 e. The van der Waals surface area contributed by atoms with Crippen molar-refractivity contribution in [1.82, 2.24) is 0 Å². The Bertz CT molecular complexity index is 2320. The molecule has 0 N–H and O–H groups in total. The Labute approximate surface area is 350 Å². The molecule has 0 radical (unpaired) electrons. The maximum atomic E-state index is 13.7. The Morgan fingerprint density at radius 1 is 0.456 bits per heavy atom. The Morgan fingerprint density at radius 2 is 0.877 bits per heavy atom. The molecule has 8 rings (SSSR count). The van der Waals surface area contributed by atoms with Gasteiger partial charge in [0.25, 0.3) is 0 Å². The van der Waals surface area contributed by atoms with Gasteiger partial charge in [0.15, 0.2) is 5.43 Å². The van der Waals surface area contributed by atoms with Crippen LogP contribution in [0.1, 0.15) is 50.7 Å². The average Bonchev–Trinajstić information content (AvgIpc) is 3.43. The maximum absolute atomic E-state index is 13.7. The van der Waals surface area contributed by atoms with Crippen LogP contribution in [-0.2, 0) is 16.5 Å². The van der Waals surface area contributed by atoms with Crippen molar-refractivity contribution in [2.24, 2.45) is 0 Å². The molecule has 0 heterocycles. The van der Waals surface area contributed by atoms with Crippen molar-refractivity contribution in [2.45, 2.75) is 39.5 Å². The molecule has 2 nitrogen and oxygen atoms in total. The Hall–Kier alpha value is -5.59. The van der Waals surface area contributed by atoms with Crippen molar-refractivity contribution < 1.29 is 16.5 Å². The van der Waals surface area contributed by atoms with Crippen molar-refractivity contribution in [2.75, 3.05) is 0 Å². The zero-order valence-corrected chi connectivity index (χ0v) is 34.8. The minimum atomic E-state index is -0.446. The van der Waals surface area contributed by atoms with Crippen molar-refractivity contribution in [3.63, 3.8) is 0 Å². The molecule has 4 heteroatoms. The third-order valence-electron chi connectivity index (χ3n) is 9.41. The number of rotatable bonds is 8. The van der Waals surface area contributed by atoms with E-state index in [-0.39, 0.29) is 21.9 Å². The molecule has 0 aromatic heterocycles. The number of hydrogen-bond donors (Lipinski definition) is 0. The van der Waals surface area contributed by atoms with E-state index in [1.165, 1.54) is 27.0 Å². The van der Waals surface area contributed by atoms with E-state index in [1.807, 2.05) is 78.9 Å². The van der Waals surface area contributed by atoms with Gasteiger partial charge in [0.05, 0.1) is 0 Å². The summed E-state index contributed by atoms with van der Waals surface area (Å²) in [7, 11) is -0.446. The van der Waals surface area contributed by atoms with Gasteiger partial charge in [0.2, 0.25) is 0 Å². The molecular weight excluding hydrogens is 756 g/mol. The van der Waals surface area contributed by atoms with Crippen LogP contribution in [0.25, 0.3) is 27.2 Å². The van der Waals surface area contributed by atoms with E-state index in [0.717, 1.165) is 22.0 Å². The van der Waals surface area contributed by atoms with E-state index in [4.69, 9.17) is 5.32 Å². The van der Waals surface area contributed by atoms with Gasteiger partial charge in [-0.3, -0.25) is 4.79 Å². The second kappa shape index (κ2) is 21.6. The van der Waals surface area contributed by atoms with Crippen LogP contribution in [0.2, 0.25) is 0 Å². The fourth-order valence-corrected chi connectivity index (χ4v) is 8.94. The molecular formula is C53H48NNiOP. The zero-order valence-electron chi connectivity index (χ0n) is 32.9. The second-order valence-corrected chi connectivity index (χ2v) is 16.2. The Morgan fingerprint density at radius 3 is 1.37 bits per heavy atom.